The van der Waals surface area contributed by atoms with Gasteiger partial charge in [0.1, 0.15) is 6.04 Å². The molecule has 1 fully saturated rings. The number of halogens is 1. The summed E-state index contributed by atoms with van der Waals surface area (Å²) in [6.45, 7) is 0.346. The van der Waals surface area contributed by atoms with Gasteiger partial charge < -0.3 is 10.2 Å². The number of carbonyl (C=O) groups is 2. The lowest BCUT2D eigenvalue weighted by molar-refractivity contribution is -0.141. The molecule has 1 aliphatic rings. The van der Waals surface area contributed by atoms with Crippen LogP contribution in [0.4, 0.5) is 0 Å². The van der Waals surface area contributed by atoms with Crippen LogP contribution in [0.15, 0.2) is 84.9 Å². The largest absolute Gasteiger partial charge is 0.352 e. The van der Waals surface area contributed by atoms with Crippen LogP contribution in [0.3, 0.4) is 0 Å². The topological polar surface area (TPSA) is 49.4 Å². The van der Waals surface area contributed by atoms with Crippen molar-refractivity contribution in [2.45, 2.75) is 63.6 Å². The highest BCUT2D eigenvalue weighted by Crippen LogP contribution is 2.21. The van der Waals surface area contributed by atoms with E-state index >= 15 is 0 Å². The predicted octanol–water partition coefficient (Wildman–Crippen LogP) is 5.97. The Morgan fingerprint density at radius 1 is 0.800 bits per heavy atom. The fourth-order valence-corrected chi connectivity index (χ4v) is 4.88. The molecule has 0 aromatic heterocycles. The zero-order valence-electron chi connectivity index (χ0n) is 20.0. The van der Waals surface area contributed by atoms with Crippen molar-refractivity contribution in [2.75, 3.05) is 0 Å². The summed E-state index contributed by atoms with van der Waals surface area (Å²) in [5.41, 5.74) is 2.91. The van der Waals surface area contributed by atoms with Crippen LogP contribution >= 0.6 is 11.6 Å². The van der Waals surface area contributed by atoms with Crippen LogP contribution in [-0.4, -0.2) is 28.8 Å². The van der Waals surface area contributed by atoms with E-state index in [0.717, 1.165) is 42.4 Å². The van der Waals surface area contributed by atoms with Crippen LogP contribution in [0.2, 0.25) is 5.02 Å². The average molecular weight is 489 g/mol. The Balaban J connectivity index is 1.63. The van der Waals surface area contributed by atoms with Crippen LogP contribution in [0.1, 0.15) is 48.8 Å². The molecule has 3 aromatic rings. The molecule has 1 saturated carbocycles. The molecular weight excluding hydrogens is 456 g/mol. The monoisotopic (exact) mass is 488 g/mol. The molecule has 1 aliphatic carbocycles. The Bertz CT molecular complexity index is 1080. The predicted molar refractivity (Wildman–Crippen MR) is 141 cm³/mol. The molecule has 3 aromatic carbocycles. The van der Waals surface area contributed by atoms with Crippen LogP contribution in [0.5, 0.6) is 0 Å². The molecular formula is C30H33ClN2O2. The molecule has 0 heterocycles. The molecule has 182 valence electrons. The summed E-state index contributed by atoms with van der Waals surface area (Å²) < 4.78 is 0. The van der Waals surface area contributed by atoms with Gasteiger partial charge in [-0.2, -0.15) is 0 Å². The van der Waals surface area contributed by atoms with Gasteiger partial charge in [0.25, 0.3) is 0 Å². The summed E-state index contributed by atoms with van der Waals surface area (Å²) in [6, 6.07) is 26.7. The van der Waals surface area contributed by atoms with Crippen LogP contribution in [0.25, 0.3) is 0 Å². The number of nitrogens with one attached hydrogen (secondary N) is 1. The second-order valence-corrected chi connectivity index (χ2v) is 9.80. The van der Waals surface area contributed by atoms with Crippen molar-refractivity contribution in [3.8, 4) is 0 Å². The van der Waals surface area contributed by atoms with Crippen LogP contribution in [0, 0.1) is 0 Å². The SMILES string of the molecule is O=C(NC1CCCCC1)[C@H](Cc1ccccc1)N(Cc1ccc(Cl)cc1)C(=O)Cc1ccccc1. The van der Waals surface area contributed by atoms with Crippen molar-refractivity contribution in [3.05, 3.63) is 107 Å². The molecule has 0 unspecified atom stereocenters. The summed E-state index contributed by atoms with van der Waals surface area (Å²) in [6.07, 6.45) is 6.20. The van der Waals surface area contributed by atoms with Crippen LogP contribution < -0.4 is 5.32 Å². The van der Waals surface area contributed by atoms with Crippen LogP contribution in [-0.2, 0) is 29.0 Å². The summed E-state index contributed by atoms with van der Waals surface area (Å²) in [5, 5.41) is 3.92. The molecule has 2 amide bonds. The van der Waals surface area contributed by atoms with Gasteiger partial charge in [0.05, 0.1) is 6.42 Å². The fraction of sp³-hybridized carbons (Fsp3) is 0.333. The number of hydrogen-bond donors (Lipinski definition) is 1. The number of benzene rings is 3. The first kappa shape index (κ1) is 25.0. The molecule has 0 aliphatic heterocycles. The molecule has 0 spiro atoms. The Hall–Kier alpha value is -3.11. The van der Waals surface area contributed by atoms with E-state index in [1.807, 2.05) is 84.9 Å². The summed E-state index contributed by atoms with van der Waals surface area (Å²) >= 11 is 6.10. The minimum Gasteiger partial charge on any atom is -0.352 e. The Morgan fingerprint density at radius 2 is 1.40 bits per heavy atom. The second-order valence-electron chi connectivity index (χ2n) is 9.36. The second kappa shape index (κ2) is 12.6. The van der Waals surface area contributed by atoms with Crippen molar-refractivity contribution >= 4 is 23.4 Å². The van der Waals surface area contributed by atoms with Crippen molar-refractivity contribution in [2.24, 2.45) is 0 Å². The Labute approximate surface area is 213 Å². The third-order valence-corrected chi connectivity index (χ3v) is 6.94. The molecule has 0 radical (unpaired) electrons. The molecule has 1 atom stereocenters. The smallest absolute Gasteiger partial charge is 0.243 e. The average Bonchev–Trinajstić information content (AvgIpc) is 2.89. The van der Waals surface area contributed by atoms with Gasteiger partial charge in [0.2, 0.25) is 11.8 Å². The highest BCUT2D eigenvalue weighted by molar-refractivity contribution is 6.30. The summed E-state index contributed by atoms with van der Waals surface area (Å²) in [7, 11) is 0. The van der Waals surface area contributed by atoms with Gasteiger partial charge in [-0.3, -0.25) is 9.59 Å². The first-order valence-electron chi connectivity index (χ1n) is 12.5. The highest BCUT2D eigenvalue weighted by atomic mass is 35.5. The van der Waals surface area contributed by atoms with E-state index in [9.17, 15) is 9.59 Å². The third-order valence-electron chi connectivity index (χ3n) is 6.69. The maximum absolute atomic E-state index is 13.7. The van der Waals surface area contributed by atoms with Gasteiger partial charge >= 0.3 is 0 Å². The number of hydrogen-bond acceptors (Lipinski definition) is 2. The first-order valence-corrected chi connectivity index (χ1v) is 12.9. The van der Waals surface area contributed by atoms with Gasteiger partial charge in [0, 0.05) is 24.0 Å². The van der Waals surface area contributed by atoms with E-state index in [-0.39, 0.29) is 24.3 Å². The van der Waals surface area contributed by atoms with Crippen molar-refractivity contribution in [1.82, 2.24) is 10.2 Å². The molecule has 4 rings (SSSR count). The molecule has 35 heavy (non-hydrogen) atoms. The molecule has 1 N–H and O–H groups in total. The normalized spacial score (nSPS) is 14.8. The molecule has 0 bridgehead atoms. The van der Waals surface area contributed by atoms with E-state index in [1.54, 1.807) is 4.90 Å². The van der Waals surface area contributed by atoms with Crippen molar-refractivity contribution < 1.29 is 9.59 Å². The van der Waals surface area contributed by atoms with Gasteiger partial charge in [-0.05, 0) is 41.7 Å². The molecule has 5 heteroatoms. The Morgan fingerprint density at radius 3 is 2.03 bits per heavy atom. The fourth-order valence-electron chi connectivity index (χ4n) is 4.76. The van der Waals surface area contributed by atoms with Gasteiger partial charge in [-0.15, -0.1) is 0 Å². The maximum atomic E-state index is 13.7. The number of nitrogens with zero attached hydrogens (tertiary/aromatic N) is 1. The van der Waals surface area contributed by atoms with E-state index < -0.39 is 6.04 Å². The van der Waals surface area contributed by atoms with E-state index in [2.05, 4.69) is 5.32 Å². The zero-order chi connectivity index (χ0) is 24.5. The lowest BCUT2D eigenvalue weighted by Gasteiger charge is -2.33. The van der Waals surface area contributed by atoms with Gasteiger partial charge in [-0.1, -0.05) is 104 Å². The summed E-state index contributed by atoms with van der Waals surface area (Å²) in [5.74, 6) is -0.137. The minimum atomic E-state index is -0.605. The molecule has 4 nitrogen and oxygen atoms in total. The third kappa shape index (κ3) is 7.43. The quantitative estimate of drug-likeness (QED) is 0.403. The highest BCUT2D eigenvalue weighted by Gasteiger charge is 2.31. The van der Waals surface area contributed by atoms with Crippen molar-refractivity contribution in [3.63, 3.8) is 0 Å². The summed E-state index contributed by atoms with van der Waals surface area (Å²) in [4.78, 5) is 29.2. The van der Waals surface area contributed by atoms with Gasteiger partial charge in [0.15, 0.2) is 0 Å². The van der Waals surface area contributed by atoms with E-state index in [4.69, 9.17) is 11.6 Å². The number of carbonyl (C=O) groups excluding carboxylic acids is 2. The lowest BCUT2D eigenvalue weighted by atomic mass is 9.94. The number of amides is 2. The standard InChI is InChI=1S/C30H33ClN2O2/c31-26-18-16-25(17-19-26)22-33(29(34)21-24-12-6-2-7-13-24)28(20-23-10-4-1-5-11-23)30(35)32-27-14-8-3-9-15-27/h1-2,4-7,10-13,16-19,27-28H,3,8-9,14-15,20-22H2,(H,32,35)/t28-/m0/s1. The first-order chi connectivity index (χ1) is 17.1. The van der Waals surface area contributed by atoms with E-state index in [0.29, 0.717) is 18.0 Å². The number of rotatable bonds is 9. The van der Waals surface area contributed by atoms with Crippen molar-refractivity contribution in [1.29, 1.82) is 0 Å². The minimum absolute atomic E-state index is 0.0640. The Kier molecular flexibility index (Phi) is 8.96. The lowest BCUT2D eigenvalue weighted by Crippen LogP contribution is -2.53. The zero-order valence-corrected chi connectivity index (χ0v) is 20.8. The molecule has 0 saturated heterocycles. The van der Waals surface area contributed by atoms with Gasteiger partial charge in [-0.25, -0.2) is 0 Å². The maximum Gasteiger partial charge on any atom is 0.243 e. The van der Waals surface area contributed by atoms with E-state index in [1.165, 1.54) is 6.42 Å².